The summed E-state index contributed by atoms with van der Waals surface area (Å²) in [7, 11) is 0. The Morgan fingerprint density at radius 1 is 0.600 bits per heavy atom. The third kappa shape index (κ3) is 3.94. The summed E-state index contributed by atoms with van der Waals surface area (Å²) < 4.78 is 0. The van der Waals surface area contributed by atoms with E-state index in [0.717, 1.165) is 0 Å². The van der Waals surface area contributed by atoms with Crippen molar-refractivity contribution in [1.29, 1.82) is 0 Å². The molecule has 0 amide bonds. The van der Waals surface area contributed by atoms with Gasteiger partial charge in [0.2, 0.25) is 0 Å². The van der Waals surface area contributed by atoms with Gasteiger partial charge in [0.25, 0.3) is 0 Å². The smallest absolute Gasteiger partial charge is 0.119 e. The van der Waals surface area contributed by atoms with Crippen molar-refractivity contribution in [2.45, 2.75) is 46.3 Å². The average Bonchev–Trinajstić information content (AvgIpc) is 2.40. The molecular formula is C16H34N4. The lowest BCUT2D eigenvalue weighted by molar-refractivity contribution is -0.106. The van der Waals surface area contributed by atoms with Gasteiger partial charge in [0.05, 0.1) is 0 Å². The largest absolute Gasteiger partial charge is 0.300 e. The van der Waals surface area contributed by atoms with E-state index in [0.29, 0.717) is 6.29 Å². The van der Waals surface area contributed by atoms with Crippen LogP contribution in [0.2, 0.25) is 0 Å². The third-order valence-corrected chi connectivity index (χ3v) is 4.62. The van der Waals surface area contributed by atoms with Gasteiger partial charge in [0.15, 0.2) is 0 Å². The molecule has 0 aliphatic carbocycles. The number of hydrogen-bond donors (Lipinski definition) is 0. The minimum absolute atomic E-state index is 0.553. The molecule has 4 nitrogen and oxygen atoms in total. The summed E-state index contributed by atoms with van der Waals surface area (Å²) >= 11 is 0. The van der Waals surface area contributed by atoms with Crippen molar-refractivity contribution in [3.05, 3.63) is 0 Å². The summed E-state index contributed by atoms with van der Waals surface area (Å²) in [5, 5.41) is 0. The first-order valence-corrected chi connectivity index (χ1v) is 8.74. The van der Waals surface area contributed by atoms with E-state index in [1.54, 1.807) is 0 Å². The zero-order valence-corrected chi connectivity index (χ0v) is 13.9. The van der Waals surface area contributed by atoms with Crippen LogP contribution >= 0.6 is 0 Å². The summed E-state index contributed by atoms with van der Waals surface area (Å²) in [4.78, 5) is 10.9. The van der Waals surface area contributed by atoms with Crippen molar-refractivity contribution in [2.24, 2.45) is 0 Å². The Hall–Kier alpha value is -0.160. The highest BCUT2D eigenvalue weighted by atomic mass is 15.5. The molecule has 0 aromatic heterocycles. The van der Waals surface area contributed by atoms with E-state index in [-0.39, 0.29) is 0 Å². The van der Waals surface area contributed by atoms with Crippen molar-refractivity contribution in [1.82, 2.24) is 19.6 Å². The Balaban J connectivity index is 2.20. The lowest BCUT2D eigenvalue weighted by Crippen LogP contribution is -2.66. The Morgan fingerprint density at radius 3 is 1.25 bits per heavy atom. The second-order valence-corrected chi connectivity index (χ2v) is 6.30. The second-order valence-electron chi connectivity index (χ2n) is 6.30. The van der Waals surface area contributed by atoms with Gasteiger partial charge < -0.3 is 0 Å². The maximum Gasteiger partial charge on any atom is 0.119 e. The highest BCUT2D eigenvalue weighted by Gasteiger charge is 2.34. The van der Waals surface area contributed by atoms with Crippen LogP contribution in [0.5, 0.6) is 0 Å². The fraction of sp³-hybridized carbons (Fsp3) is 1.00. The Kier molecular flexibility index (Phi) is 6.75. The van der Waals surface area contributed by atoms with Gasteiger partial charge in [-0.15, -0.1) is 0 Å². The monoisotopic (exact) mass is 282 g/mol. The zero-order valence-electron chi connectivity index (χ0n) is 13.9. The molecule has 0 aromatic carbocycles. The molecule has 118 valence electrons. The van der Waals surface area contributed by atoms with Crippen LogP contribution in [-0.4, -0.2) is 84.8 Å². The molecule has 3 rings (SSSR count). The minimum Gasteiger partial charge on any atom is -0.300 e. The molecule has 0 atom stereocenters. The SMILES string of the molecule is CCCN1CCN2CCN(CCC)C1N(CCC)CC2. The molecule has 0 spiro atoms. The van der Waals surface area contributed by atoms with E-state index in [1.807, 2.05) is 0 Å². The molecule has 3 aliphatic heterocycles. The van der Waals surface area contributed by atoms with Crippen molar-refractivity contribution < 1.29 is 0 Å². The summed E-state index contributed by atoms with van der Waals surface area (Å²) in [5.74, 6) is 0. The molecule has 3 saturated heterocycles. The summed E-state index contributed by atoms with van der Waals surface area (Å²) in [6.07, 6.45) is 4.33. The van der Waals surface area contributed by atoms with Crippen LogP contribution in [0.1, 0.15) is 40.0 Å². The van der Waals surface area contributed by atoms with E-state index in [2.05, 4.69) is 40.4 Å². The van der Waals surface area contributed by atoms with Gasteiger partial charge in [-0.2, -0.15) is 0 Å². The first-order chi connectivity index (χ1) is 9.80. The van der Waals surface area contributed by atoms with Gasteiger partial charge in [-0.25, -0.2) is 0 Å². The average molecular weight is 282 g/mol. The maximum atomic E-state index is 2.73. The number of hydrogen-bond acceptors (Lipinski definition) is 4. The molecule has 4 heteroatoms. The lowest BCUT2D eigenvalue weighted by Gasteiger charge is -2.51. The molecule has 3 fully saturated rings. The molecular weight excluding hydrogens is 248 g/mol. The highest BCUT2D eigenvalue weighted by molar-refractivity contribution is 4.83. The Labute approximate surface area is 125 Å². The van der Waals surface area contributed by atoms with Crippen molar-refractivity contribution in [2.75, 3.05) is 58.9 Å². The minimum atomic E-state index is 0.553. The van der Waals surface area contributed by atoms with Gasteiger partial charge in [-0.05, 0) is 19.3 Å². The van der Waals surface area contributed by atoms with Crippen molar-refractivity contribution in [3.8, 4) is 0 Å². The fourth-order valence-electron chi connectivity index (χ4n) is 3.73. The van der Waals surface area contributed by atoms with E-state index in [4.69, 9.17) is 0 Å². The second kappa shape index (κ2) is 8.32. The first-order valence-electron chi connectivity index (χ1n) is 8.74. The highest BCUT2D eigenvalue weighted by Crippen LogP contribution is 2.19. The summed E-state index contributed by atoms with van der Waals surface area (Å²) in [6.45, 7) is 18.1. The molecule has 0 saturated carbocycles. The predicted molar refractivity (Wildman–Crippen MR) is 85.8 cm³/mol. The number of nitrogens with zero attached hydrogens (tertiary/aromatic N) is 4. The first kappa shape index (κ1) is 16.2. The van der Waals surface area contributed by atoms with Crippen LogP contribution < -0.4 is 0 Å². The maximum absolute atomic E-state index is 2.73. The van der Waals surface area contributed by atoms with E-state index in [1.165, 1.54) is 78.2 Å². The zero-order chi connectivity index (χ0) is 14.4. The molecule has 0 radical (unpaired) electrons. The Bertz CT molecular complexity index is 228. The third-order valence-electron chi connectivity index (χ3n) is 4.62. The molecule has 3 aliphatic rings. The van der Waals surface area contributed by atoms with Gasteiger partial charge in [-0.1, -0.05) is 20.8 Å². The van der Waals surface area contributed by atoms with Crippen molar-refractivity contribution >= 4 is 0 Å². The van der Waals surface area contributed by atoms with Crippen LogP contribution in [0.3, 0.4) is 0 Å². The molecule has 0 N–H and O–H groups in total. The molecule has 0 aromatic rings. The van der Waals surface area contributed by atoms with Crippen molar-refractivity contribution in [3.63, 3.8) is 0 Å². The number of rotatable bonds is 6. The number of fused-ring (bicyclic) bond motifs is 6. The van der Waals surface area contributed by atoms with Crippen LogP contribution in [0.25, 0.3) is 0 Å². The summed E-state index contributed by atoms with van der Waals surface area (Å²) in [5.41, 5.74) is 0. The normalized spacial score (nSPS) is 30.1. The van der Waals surface area contributed by atoms with Gasteiger partial charge in [0, 0.05) is 58.9 Å². The van der Waals surface area contributed by atoms with Crippen LogP contribution in [-0.2, 0) is 0 Å². The quantitative estimate of drug-likeness (QED) is 0.735. The van der Waals surface area contributed by atoms with Gasteiger partial charge in [0.1, 0.15) is 6.29 Å². The van der Waals surface area contributed by atoms with Crippen LogP contribution in [0, 0.1) is 0 Å². The van der Waals surface area contributed by atoms with Crippen LogP contribution in [0.4, 0.5) is 0 Å². The lowest BCUT2D eigenvalue weighted by atomic mass is 10.2. The molecule has 3 heterocycles. The molecule has 2 bridgehead atoms. The van der Waals surface area contributed by atoms with E-state index < -0.39 is 0 Å². The standard InChI is InChI=1S/C16H34N4/c1-4-7-18-13-10-17-11-14-19(8-5-2)16(18)20(9-6-3)15-12-17/h16H,4-15H2,1-3H3. The fourth-order valence-corrected chi connectivity index (χ4v) is 3.73. The van der Waals surface area contributed by atoms with E-state index in [9.17, 15) is 0 Å². The van der Waals surface area contributed by atoms with Crippen LogP contribution in [0.15, 0.2) is 0 Å². The Morgan fingerprint density at radius 2 is 0.950 bits per heavy atom. The molecule has 20 heavy (non-hydrogen) atoms. The molecule has 0 unspecified atom stereocenters. The topological polar surface area (TPSA) is 13.0 Å². The predicted octanol–water partition coefficient (Wildman–Crippen LogP) is 1.74. The van der Waals surface area contributed by atoms with E-state index >= 15 is 0 Å². The summed E-state index contributed by atoms with van der Waals surface area (Å²) in [6, 6.07) is 0. The van der Waals surface area contributed by atoms with Gasteiger partial charge >= 0.3 is 0 Å². The van der Waals surface area contributed by atoms with Gasteiger partial charge in [-0.3, -0.25) is 19.6 Å².